The Balaban J connectivity index is 1.22. The van der Waals surface area contributed by atoms with Crippen LogP contribution in [0.4, 0.5) is 34.1 Å². The number of hydrogen-bond donors (Lipinski definition) is 0. The van der Waals surface area contributed by atoms with Gasteiger partial charge < -0.3 is 9.80 Å². The molecule has 0 aliphatic heterocycles. The highest BCUT2D eigenvalue weighted by Gasteiger charge is 2.28. The van der Waals surface area contributed by atoms with E-state index in [4.69, 9.17) is 0 Å². The van der Waals surface area contributed by atoms with Crippen molar-refractivity contribution in [1.29, 1.82) is 0 Å². The van der Waals surface area contributed by atoms with Crippen molar-refractivity contribution in [3.63, 3.8) is 0 Å². The summed E-state index contributed by atoms with van der Waals surface area (Å²) >= 11 is 3.80. The fourth-order valence-corrected chi connectivity index (χ4v) is 13.1. The second kappa shape index (κ2) is 15.4. The molecule has 12 rings (SSSR count). The van der Waals surface area contributed by atoms with Gasteiger partial charge in [-0.15, -0.1) is 22.7 Å². The Bertz CT molecular complexity index is 3650. The molecule has 2 heterocycles. The third-order valence-electron chi connectivity index (χ3n) is 14.4. The summed E-state index contributed by atoms with van der Waals surface area (Å²) < 4.78 is 5.23. The quantitative estimate of drug-likeness (QED) is 0.140. The highest BCUT2D eigenvalue weighted by Crippen LogP contribution is 2.54. The molecular weight excluding hydrogens is 837 g/mol. The smallest absolute Gasteiger partial charge is 0.0640 e. The third kappa shape index (κ3) is 6.18. The van der Waals surface area contributed by atoms with Gasteiger partial charge >= 0.3 is 0 Å². The van der Waals surface area contributed by atoms with E-state index in [0.717, 1.165) is 0 Å². The van der Waals surface area contributed by atoms with E-state index < -0.39 is 0 Å². The molecule has 0 N–H and O–H groups in total. The number of hydrogen-bond acceptors (Lipinski definition) is 4. The van der Waals surface area contributed by atoms with Gasteiger partial charge in [-0.05, 0) is 155 Å². The summed E-state index contributed by atoms with van der Waals surface area (Å²) in [7, 11) is 0. The summed E-state index contributed by atoms with van der Waals surface area (Å²) in [6, 6.07) is 60.3. The number of fused-ring (bicyclic) bond motifs is 6. The van der Waals surface area contributed by atoms with E-state index in [1.54, 1.807) is 0 Å². The molecule has 0 bridgehead atoms. The number of rotatable bonds is 8. The predicted octanol–water partition coefficient (Wildman–Crippen LogP) is 19.7. The number of aryl methyl sites for hydroxylation is 4. The molecule has 66 heavy (non-hydrogen) atoms. The highest BCUT2D eigenvalue weighted by atomic mass is 32.1. The van der Waals surface area contributed by atoms with Crippen molar-refractivity contribution in [2.75, 3.05) is 9.80 Å². The van der Waals surface area contributed by atoms with Crippen molar-refractivity contribution in [2.45, 2.75) is 67.2 Å². The Labute approximate surface area is 395 Å². The Kier molecular flexibility index (Phi) is 9.54. The van der Waals surface area contributed by atoms with E-state index in [1.165, 1.54) is 140 Å². The SMILES string of the molecule is Cc1ccc(N(c2cc(C(C)C)c3ccc4c(N(c5ccc(C)c(C)c5)c5cccc6c5sc5ccccc56)cc(C(C)C)c5ccc2c3c54)c2cccc3c2sc2ccccc23)cc1C. The van der Waals surface area contributed by atoms with Crippen molar-refractivity contribution in [1.82, 2.24) is 0 Å². The van der Waals surface area contributed by atoms with E-state index in [0.29, 0.717) is 0 Å². The van der Waals surface area contributed by atoms with E-state index >= 15 is 0 Å². The van der Waals surface area contributed by atoms with Gasteiger partial charge in [-0.2, -0.15) is 0 Å². The number of anilines is 6. The Morgan fingerprint density at radius 1 is 0.333 bits per heavy atom. The molecule has 0 fully saturated rings. The minimum atomic E-state index is 0.289. The lowest BCUT2D eigenvalue weighted by molar-refractivity contribution is 0.875. The number of nitrogens with zero attached hydrogens (tertiary/aromatic N) is 2. The van der Waals surface area contributed by atoms with Crippen LogP contribution >= 0.6 is 22.7 Å². The third-order valence-corrected chi connectivity index (χ3v) is 16.8. The molecule has 0 amide bonds. The van der Waals surface area contributed by atoms with Crippen molar-refractivity contribution in [3.05, 3.63) is 191 Å². The monoisotopic (exact) mass is 888 g/mol. The maximum atomic E-state index is 2.58. The molecule has 0 spiro atoms. The van der Waals surface area contributed by atoms with Gasteiger partial charge in [0.15, 0.2) is 0 Å². The second-order valence-electron chi connectivity index (χ2n) is 19.1. The Hall–Kier alpha value is -6.72. The van der Waals surface area contributed by atoms with Gasteiger partial charge in [-0.25, -0.2) is 0 Å². The van der Waals surface area contributed by atoms with Gasteiger partial charge in [0.05, 0.1) is 32.1 Å². The fourth-order valence-electron chi connectivity index (χ4n) is 10.7. The van der Waals surface area contributed by atoms with Crippen LogP contribution in [0.3, 0.4) is 0 Å². The molecule has 0 saturated heterocycles. The zero-order valence-electron chi connectivity index (χ0n) is 38.9. The van der Waals surface area contributed by atoms with E-state index in [-0.39, 0.29) is 11.8 Å². The van der Waals surface area contributed by atoms with Crippen LogP contribution in [0.25, 0.3) is 72.7 Å². The summed E-state index contributed by atoms with van der Waals surface area (Å²) in [6.45, 7) is 18.4. The van der Waals surface area contributed by atoms with E-state index in [2.05, 4.69) is 223 Å². The second-order valence-corrected chi connectivity index (χ2v) is 21.2. The average molecular weight is 889 g/mol. The molecule has 0 atom stereocenters. The number of thiophene rings is 2. The minimum absolute atomic E-state index is 0.289. The van der Waals surface area contributed by atoms with Gasteiger partial charge in [-0.3, -0.25) is 0 Å². The largest absolute Gasteiger partial charge is 0.308 e. The lowest BCUT2D eigenvalue weighted by Crippen LogP contribution is -2.13. The molecule has 0 saturated carbocycles. The van der Waals surface area contributed by atoms with Crippen LogP contribution in [-0.2, 0) is 0 Å². The summed E-state index contributed by atoms with van der Waals surface area (Å²) in [5.41, 5.74) is 15.1. The van der Waals surface area contributed by atoms with Gasteiger partial charge in [0.2, 0.25) is 0 Å². The molecule has 2 nitrogen and oxygen atoms in total. The van der Waals surface area contributed by atoms with Crippen molar-refractivity contribution in [2.24, 2.45) is 0 Å². The Morgan fingerprint density at radius 2 is 0.727 bits per heavy atom. The van der Waals surface area contributed by atoms with Crippen LogP contribution < -0.4 is 9.80 Å². The zero-order chi connectivity index (χ0) is 45.1. The first-order valence-electron chi connectivity index (χ1n) is 23.4. The summed E-state index contributed by atoms with van der Waals surface area (Å²) in [4.78, 5) is 5.16. The topological polar surface area (TPSA) is 6.48 Å². The van der Waals surface area contributed by atoms with Crippen LogP contribution in [0.5, 0.6) is 0 Å². The molecule has 12 aromatic rings. The summed E-state index contributed by atoms with van der Waals surface area (Å²) in [5, 5.41) is 13.1. The highest BCUT2D eigenvalue weighted by molar-refractivity contribution is 7.26. The molecular formula is C62H52N2S2. The van der Waals surface area contributed by atoms with Crippen molar-refractivity contribution >= 4 is 129 Å². The Morgan fingerprint density at radius 3 is 1.14 bits per heavy atom. The van der Waals surface area contributed by atoms with Crippen molar-refractivity contribution < 1.29 is 0 Å². The molecule has 0 aliphatic carbocycles. The van der Waals surface area contributed by atoms with Crippen molar-refractivity contribution in [3.8, 4) is 0 Å². The molecule has 0 radical (unpaired) electrons. The summed E-state index contributed by atoms with van der Waals surface area (Å²) in [5.74, 6) is 0.577. The molecule has 2 aromatic heterocycles. The molecule has 322 valence electrons. The van der Waals surface area contributed by atoms with Crippen LogP contribution in [0.2, 0.25) is 0 Å². The molecule has 0 aliphatic rings. The maximum absolute atomic E-state index is 2.58. The van der Waals surface area contributed by atoms with Gasteiger partial charge in [0.1, 0.15) is 0 Å². The minimum Gasteiger partial charge on any atom is -0.308 e. The lowest BCUT2D eigenvalue weighted by atomic mass is 9.84. The molecule has 10 aromatic carbocycles. The lowest BCUT2D eigenvalue weighted by Gasteiger charge is -2.32. The van der Waals surface area contributed by atoms with Crippen LogP contribution in [-0.4, -0.2) is 0 Å². The number of benzene rings is 10. The predicted molar refractivity (Wildman–Crippen MR) is 292 cm³/mol. The zero-order valence-corrected chi connectivity index (χ0v) is 40.5. The van der Waals surface area contributed by atoms with Gasteiger partial charge in [-0.1, -0.05) is 125 Å². The first-order valence-corrected chi connectivity index (χ1v) is 25.0. The van der Waals surface area contributed by atoms with Crippen LogP contribution in [0.1, 0.15) is 72.9 Å². The normalized spacial score (nSPS) is 12.2. The fraction of sp³-hybridized carbons (Fsp3) is 0.161. The molecule has 0 unspecified atom stereocenters. The van der Waals surface area contributed by atoms with Gasteiger partial charge in [0, 0.05) is 53.1 Å². The maximum Gasteiger partial charge on any atom is 0.0640 e. The van der Waals surface area contributed by atoms with E-state index in [9.17, 15) is 0 Å². The standard InChI is InChI=1S/C62H52N2S2/c1-35(2)51-33-55(63(41-25-23-37(5)39(7)31-41)53-19-13-17-47-43-15-9-11-21-57(43)65-61(47)53)49-30-28-46-52(36(3)4)34-56(50-29-27-45(51)59(49)60(46)50)64(42-26-24-38(6)40(8)32-42)54-20-14-18-48-44-16-10-12-22-58(44)66-62(48)54/h9-36H,1-8H3. The van der Waals surface area contributed by atoms with Crippen LogP contribution in [0.15, 0.2) is 158 Å². The summed E-state index contributed by atoms with van der Waals surface area (Å²) in [6.07, 6.45) is 0. The van der Waals surface area contributed by atoms with Crippen LogP contribution in [0, 0.1) is 27.7 Å². The van der Waals surface area contributed by atoms with E-state index in [1.807, 2.05) is 22.7 Å². The first kappa shape index (κ1) is 40.8. The first-order chi connectivity index (χ1) is 32.0. The average Bonchev–Trinajstić information content (AvgIpc) is 3.90. The molecule has 4 heteroatoms. The van der Waals surface area contributed by atoms with Gasteiger partial charge in [0.25, 0.3) is 0 Å².